The van der Waals surface area contributed by atoms with Crippen LogP contribution in [0.2, 0.25) is 0 Å². The molecule has 0 aliphatic rings. The molecule has 0 aliphatic heterocycles. The van der Waals surface area contributed by atoms with Crippen molar-refractivity contribution < 1.29 is 29.4 Å². The minimum atomic E-state index is -1.16. The molecule has 0 heterocycles. The molecule has 10 nitrogen and oxygen atoms in total. The molecule has 4 atom stereocenters. The minimum Gasteiger partial charge on any atom is -0.508 e. The Bertz CT molecular complexity index is 823. The van der Waals surface area contributed by atoms with Gasteiger partial charge in [-0.2, -0.15) is 0 Å². The molecule has 0 unspecified atom stereocenters. The van der Waals surface area contributed by atoms with Gasteiger partial charge in [-0.15, -0.1) is 0 Å². The maximum atomic E-state index is 13.1. The van der Waals surface area contributed by atoms with Crippen LogP contribution in [0.25, 0.3) is 0 Å². The van der Waals surface area contributed by atoms with Crippen LogP contribution in [0.5, 0.6) is 5.75 Å². The van der Waals surface area contributed by atoms with Crippen LogP contribution in [-0.2, 0) is 25.6 Å². The van der Waals surface area contributed by atoms with E-state index in [1.807, 2.05) is 13.8 Å². The van der Waals surface area contributed by atoms with Crippen molar-refractivity contribution >= 4 is 23.7 Å². The van der Waals surface area contributed by atoms with Crippen LogP contribution in [-0.4, -0.2) is 58.1 Å². The second kappa shape index (κ2) is 12.8. The molecule has 7 N–H and O–H groups in total. The summed E-state index contributed by atoms with van der Waals surface area (Å²) in [5, 5.41) is 26.6. The number of carbonyl (C=O) groups is 4. The number of rotatable bonds is 12. The van der Waals surface area contributed by atoms with Gasteiger partial charge in [-0.1, -0.05) is 39.8 Å². The van der Waals surface area contributed by atoms with Crippen LogP contribution in [0.3, 0.4) is 0 Å². The first-order chi connectivity index (χ1) is 15.3. The Morgan fingerprint density at radius 2 is 1.36 bits per heavy atom. The maximum absolute atomic E-state index is 13.1. The molecule has 0 bridgehead atoms. The third-order valence-electron chi connectivity index (χ3n) is 4.99. The first kappa shape index (κ1) is 27.9. The van der Waals surface area contributed by atoms with Gasteiger partial charge in [0, 0.05) is 6.42 Å². The lowest BCUT2D eigenvalue weighted by atomic mass is 9.99. The largest absolute Gasteiger partial charge is 0.508 e. The number of carboxylic acid groups (broad SMARTS) is 1. The van der Waals surface area contributed by atoms with E-state index in [9.17, 15) is 29.4 Å². The highest BCUT2D eigenvalue weighted by molar-refractivity contribution is 5.94. The fraction of sp³-hybridized carbons (Fsp3) is 0.565. The molecule has 184 valence electrons. The van der Waals surface area contributed by atoms with Gasteiger partial charge in [-0.3, -0.25) is 14.4 Å². The van der Waals surface area contributed by atoms with Gasteiger partial charge in [0.15, 0.2) is 0 Å². The highest BCUT2D eigenvalue weighted by atomic mass is 16.4. The molecule has 1 aromatic rings. The SMILES string of the molecule is CC(C)C[C@H](NC(=O)[C@H](Cc1ccc(O)cc1)NC(=O)[C@H](C)N)C(=O)N[C@H](C(=O)O)C(C)C. The van der Waals surface area contributed by atoms with Crippen molar-refractivity contribution in [2.24, 2.45) is 17.6 Å². The van der Waals surface area contributed by atoms with Crippen LogP contribution in [0.1, 0.15) is 46.6 Å². The lowest BCUT2D eigenvalue weighted by Crippen LogP contribution is -2.58. The van der Waals surface area contributed by atoms with E-state index in [2.05, 4.69) is 16.0 Å². The first-order valence-electron chi connectivity index (χ1n) is 11.0. The second-order valence-electron chi connectivity index (χ2n) is 8.98. The fourth-order valence-corrected chi connectivity index (χ4v) is 3.12. The van der Waals surface area contributed by atoms with Crippen molar-refractivity contribution in [1.82, 2.24) is 16.0 Å². The summed E-state index contributed by atoms with van der Waals surface area (Å²) in [6, 6.07) is 2.18. The Hall–Kier alpha value is -3.14. The quantitative estimate of drug-likeness (QED) is 0.262. The third kappa shape index (κ3) is 9.48. The summed E-state index contributed by atoms with van der Waals surface area (Å²) in [7, 11) is 0. The van der Waals surface area contributed by atoms with Crippen molar-refractivity contribution in [3.05, 3.63) is 29.8 Å². The van der Waals surface area contributed by atoms with Crippen LogP contribution in [0, 0.1) is 11.8 Å². The maximum Gasteiger partial charge on any atom is 0.326 e. The van der Waals surface area contributed by atoms with Crippen molar-refractivity contribution in [3.8, 4) is 5.75 Å². The Balaban J connectivity index is 3.09. The number of benzene rings is 1. The van der Waals surface area contributed by atoms with E-state index in [1.165, 1.54) is 19.1 Å². The van der Waals surface area contributed by atoms with E-state index in [4.69, 9.17) is 5.73 Å². The predicted molar refractivity (Wildman–Crippen MR) is 123 cm³/mol. The van der Waals surface area contributed by atoms with Gasteiger partial charge in [0.25, 0.3) is 0 Å². The molecule has 0 saturated heterocycles. The smallest absolute Gasteiger partial charge is 0.326 e. The summed E-state index contributed by atoms with van der Waals surface area (Å²) in [4.78, 5) is 49.6. The average Bonchev–Trinajstić information content (AvgIpc) is 2.71. The summed E-state index contributed by atoms with van der Waals surface area (Å²) in [6.07, 6.45) is 0.375. The van der Waals surface area contributed by atoms with Gasteiger partial charge in [-0.25, -0.2) is 4.79 Å². The standard InChI is InChI=1S/C23H36N4O6/c1-12(2)10-17(22(31)27-19(13(3)4)23(32)33)26-21(30)18(25-20(29)14(5)24)11-15-6-8-16(28)9-7-15/h6-9,12-14,17-19,28H,10-11,24H2,1-5H3,(H,25,29)(H,26,30)(H,27,31)(H,32,33)/t14-,17-,18-,19-/m0/s1. The lowest BCUT2D eigenvalue weighted by Gasteiger charge is -2.26. The van der Waals surface area contributed by atoms with Gasteiger partial charge in [0.1, 0.15) is 23.9 Å². The number of carbonyl (C=O) groups excluding carboxylic acids is 3. The van der Waals surface area contributed by atoms with Gasteiger partial charge < -0.3 is 31.9 Å². The van der Waals surface area contributed by atoms with Gasteiger partial charge in [0.2, 0.25) is 17.7 Å². The van der Waals surface area contributed by atoms with E-state index in [0.717, 1.165) is 0 Å². The summed E-state index contributed by atoms with van der Waals surface area (Å²) in [5.41, 5.74) is 6.30. The number of aromatic hydroxyl groups is 1. The highest BCUT2D eigenvalue weighted by Gasteiger charge is 2.31. The molecule has 0 saturated carbocycles. The van der Waals surface area contributed by atoms with Gasteiger partial charge >= 0.3 is 5.97 Å². The predicted octanol–water partition coefficient (Wildman–Crippen LogP) is 0.523. The summed E-state index contributed by atoms with van der Waals surface area (Å²) < 4.78 is 0. The molecule has 1 rings (SSSR count). The van der Waals surface area contributed by atoms with Crippen molar-refractivity contribution in [3.63, 3.8) is 0 Å². The topological polar surface area (TPSA) is 171 Å². The average molecular weight is 465 g/mol. The summed E-state index contributed by atoms with van der Waals surface area (Å²) >= 11 is 0. The highest BCUT2D eigenvalue weighted by Crippen LogP contribution is 2.13. The Kier molecular flexibility index (Phi) is 10.8. The number of hydrogen-bond acceptors (Lipinski definition) is 6. The van der Waals surface area contributed by atoms with Crippen LogP contribution >= 0.6 is 0 Å². The zero-order chi connectivity index (χ0) is 25.3. The van der Waals surface area contributed by atoms with Crippen LogP contribution < -0.4 is 21.7 Å². The number of phenolic OH excluding ortho intramolecular Hbond substituents is 1. The number of nitrogens with one attached hydrogen (secondary N) is 3. The third-order valence-corrected chi connectivity index (χ3v) is 4.99. The molecular weight excluding hydrogens is 428 g/mol. The Labute approximate surface area is 194 Å². The molecule has 0 aromatic heterocycles. The van der Waals surface area contributed by atoms with E-state index >= 15 is 0 Å². The molecule has 33 heavy (non-hydrogen) atoms. The number of amides is 3. The number of hydrogen-bond donors (Lipinski definition) is 6. The lowest BCUT2D eigenvalue weighted by molar-refractivity contribution is -0.143. The minimum absolute atomic E-state index is 0.0255. The summed E-state index contributed by atoms with van der Waals surface area (Å²) in [6.45, 7) is 8.57. The summed E-state index contributed by atoms with van der Waals surface area (Å²) in [5.74, 6) is -3.18. The van der Waals surface area contributed by atoms with E-state index in [1.54, 1.807) is 26.0 Å². The monoisotopic (exact) mass is 464 g/mol. The van der Waals surface area contributed by atoms with E-state index in [0.29, 0.717) is 5.56 Å². The van der Waals surface area contributed by atoms with Crippen LogP contribution in [0.15, 0.2) is 24.3 Å². The molecule has 0 aliphatic carbocycles. The normalized spacial score (nSPS) is 14.8. The molecular formula is C23H36N4O6. The van der Waals surface area contributed by atoms with Crippen molar-refractivity contribution in [2.75, 3.05) is 0 Å². The fourth-order valence-electron chi connectivity index (χ4n) is 3.12. The number of nitrogens with two attached hydrogens (primary N) is 1. The van der Waals surface area contributed by atoms with Crippen molar-refractivity contribution in [2.45, 2.75) is 71.6 Å². The Morgan fingerprint density at radius 3 is 1.82 bits per heavy atom. The van der Waals surface area contributed by atoms with Gasteiger partial charge in [-0.05, 0) is 42.9 Å². The van der Waals surface area contributed by atoms with E-state index in [-0.39, 0.29) is 30.4 Å². The number of aliphatic carboxylic acids is 1. The molecule has 0 fully saturated rings. The van der Waals surface area contributed by atoms with E-state index < -0.39 is 47.9 Å². The molecule has 0 spiro atoms. The molecule has 10 heteroatoms. The number of phenols is 1. The Morgan fingerprint density at radius 1 is 0.848 bits per heavy atom. The van der Waals surface area contributed by atoms with Crippen molar-refractivity contribution in [1.29, 1.82) is 0 Å². The van der Waals surface area contributed by atoms with Crippen LogP contribution in [0.4, 0.5) is 0 Å². The van der Waals surface area contributed by atoms with Gasteiger partial charge in [0.05, 0.1) is 6.04 Å². The zero-order valence-electron chi connectivity index (χ0n) is 19.8. The number of carboxylic acids is 1. The molecule has 3 amide bonds. The molecule has 1 aromatic carbocycles. The second-order valence-corrected chi connectivity index (χ2v) is 8.98. The first-order valence-corrected chi connectivity index (χ1v) is 11.0. The zero-order valence-corrected chi connectivity index (χ0v) is 19.8. The molecule has 0 radical (unpaired) electrons.